The van der Waals surface area contributed by atoms with E-state index in [9.17, 15) is 0 Å². The average Bonchev–Trinajstić information content (AvgIpc) is 3.14. The number of para-hydroxylation sites is 1. The number of anilines is 1. The standard InChI is InChI=1S/C21H16Cl3N5O/c1-10(18-14(23)8-27-9-15(18)24)30-11-5-6-16(25)12(7-11)19(26)21-28-17-4-2-3-13(22)20(17)29-21/h2-10,26H,25H2,1H3,(H,28,29). The number of rotatable bonds is 5. The number of hydrogen-bond acceptors (Lipinski definition) is 5. The van der Waals surface area contributed by atoms with Gasteiger partial charge in [0.15, 0.2) is 5.82 Å². The van der Waals surface area contributed by atoms with E-state index in [1.54, 1.807) is 24.3 Å². The van der Waals surface area contributed by atoms with Gasteiger partial charge in [-0.3, -0.25) is 10.4 Å². The quantitative estimate of drug-likeness (QED) is 0.249. The normalized spacial score (nSPS) is 12.1. The Labute approximate surface area is 187 Å². The van der Waals surface area contributed by atoms with Crippen LogP contribution in [-0.4, -0.2) is 20.7 Å². The Bertz CT molecular complexity index is 1250. The van der Waals surface area contributed by atoms with Gasteiger partial charge in [-0.05, 0) is 37.3 Å². The highest BCUT2D eigenvalue weighted by atomic mass is 35.5. The molecule has 1 unspecified atom stereocenters. The van der Waals surface area contributed by atoms with Crippen molar-refractivity contribution in [2.45, 2.75) is 13.0 Å². The molecule has 0 aliphatic rings. The SMILES string of the molecule is CC(Oc1ccc(N)c(C(=N)c2nc3c(Cl)cccc3[nH]2)c1)c1c(Cl)cncc1Cl. The van der Waals surface area contributed by atoms with Crippen LogP contribution in [0.25, 0.3) is 11.0 Å². The molecular weight excluding hydrogens is 445 g/mol. The van der Waals surface area contributed by atoms with E-state index in [1.807, 2.05) is 19.1 Å². The number of ether oxygens (including phenoxy) is 1. The van der Waals surface area contributed by atoms with Gasteiger partial charge in [0.25, 0.3) is 0 Å². The number of aromatic nitrogens is 3. The second kappa shape index (κ2) is 8.14. The predicted molar refractivity (Wildman–Crippen MR) is 121 cm³/mol. The number of nitrogens with zero attached hydrogens (tertiary/aromatic N) is 2. The summed E-state index contributed by atoms with van der Waals surface area (Å²) in [6.45, 7) is 1.83. The number of nitrogens with two attached hydrogens (primary N) is 1. The summed E-state index contributed by atoms with van der Waals surface area (Å²) in [6.07, 6.45) is 2.59. The third kappa shape index (κ3) is 3.81. The highest BCUT2D eigenvalue weighted by Gasteiger charge is 2.18. The first-order valence-corrected chi connectivity index (χ1v) is 10.1. The third-order valence-corrected chi connectivity index (χ3v) is 5.51. The van der Waals surface area contributed by atoms with Crippen LogP contribution in [0.1, 0.15) is 30.0 Å². The second-order valence-electron chi connectivity index (χ2n) is 6.62. The Morgan fingerprint density at radius 1 is 1.10 bits per heavy atom. The summed E-state index contributed by atoms with van der Waals surface area (Å²) in [6, 6.07) is 10.5. The zero-order chi connectivity index (χ0) is 21.4. The molecule has 6 nitrogen and oxygen atoms in total. The van der Waals surface area contributed by atoms with Crippen LogP contribution in [0.4, 0.5) is 5.69 Å². The second-order valence-corrected chi connectivity index (χ2v) is 7.84. The number of halogens is 3. The molecule has 0 fully saturated rings. The van der Waals surface area contributed by atoms with E-state index in [4.69, 9.17) is 50.7 Å². The van der Waals surface area contributed by atoms with Crippen LogP contribution in [0.2, 0.25) is 15.1 Å². The van der Waals surface area contributed by atoms with Crippen LogP contribution in [0.15, 0.2) is 48.8 Å². The zero-order valence-corrected chi connectivity index (χ0v) is 18.0. The summed E-state index contributed by atoms with van der Waals surface area (Å²) in [5.41, 5.74) is 9.12. The summed E-state index contributed by atoms with van der Waals surface area (Å²) in [7, 11) is 0. The molecule has 0 aliphatic heterocycles. The smallest absolute Gasteiger partial charge is 0.157 e. The molecule has 0 aliphatic carbocycles. The van der Waals surface area contributed by atoms with Gasteiger partial charge in [-0.15, -0.1) is 0 Å². The van der Waals surface area contributed by atoms with Crippen molar-refractivity contribution in [2.75, 3.05) is 5.73 Å². The summed E-state index contributed by atoms with van der Waals surface area (Å²) in [5, 5.41) is 9.94. The van der Waals surface area contributed by atoms with Crippen LogP contribution in [0.3, 0.4) is 0 Å². The van der Waals surface area contributed by atoms with Gasteiger partial charge in [0.05, 0.1) is 20.6 Å². The van der Waals surface area contributed by atoms with Crippen molar-refractivity contribution < 1.29 is 4.74 Å². The number of pyridine rings is 1. The first-order chi connectivity index (χ1) is 14.3. The molecule has 0 saturated heterocycles. The van der Waals surface area contributed by atoms with Gasteiger partial charge in [0, 0.05) is 29.2 Å². The molecule has 0 spiro atoms. The minimum absolute atomic E-state index is 0.123. The molecule has 2 heterocycles. The van der Waals surface area contributed by atoms with E-state index >= 15 is 0 Å². The van der Waals surface area contributed by atoms with Crippen molar-refractivity contribution in [1.82, 2.24) is 15.0 Å². The minimum Gasteiger partial charge on any atom is -0.486 e. The maximum atomic E-state index is 8.60. The number of nitrogens with one attached hydrogen (secondary N) is 2. The fraction of sp³-hybridized carbons (Fsp3) is 0.0952. The van der Waals surface area contributed by atoms with Crippen LogP contribution in [0.5, 0.6) is 5.75 Å². The van der Waals surface area contributed by atoms with Gasteiger partial charge < -0.3 is 15.5 Å². The number of imidazole rings is 1. The van der Waals surface area contributed by atoms with Crippen molar-refractivity contribution in [1.29, 1.82) is 5.41 Å². The first kappa shape index (κ1) is 20.5. The molecule has 2 aromatic heterocycles. The number of benzene rings is 2. The molecular formula is C21H16Cl3N5O. The molecule has 4 rings (SSSR count). The average molecular weight is 461 g/mol. The molecule has 0 saturated carbocycles. The van der Waals surface area contributed by atoms with Crippen molar-refractivity contribution in [2.24, 2.45) is 0 Å². The van der Waals surface area contributed by atoms with Crippen LogP contribution < -0.4 is 10.5 Å². The molecule has 0 bridgehead atoms. The summed E-state index contributed by atoms with van der Waals surface area (Å²) >= 11 is 18.6. The van der Waals surface area contributed by atoms with Gasteiger partial charge >= 0.3 is 0 Å². The van der Waals surface area contributed by atoms with Gasteiger partial charge in [-0.2, -0.15) is 0 Å². The summed E-state index contributed by atoms with van der Waals surface area (Å²) < 4.78 is 6.02. The van der Waals surface area contributed by atoms with Gasteiger partial charge in [-0.25, -0.2) is 4.98 Å². The molecule has 30 heavy (non-hydrogen) atoms. The van der Waals surface area contributed by atoms with Crippen molar-refractivity contribution >= 4 is 57.2 Å². The lowest BCUT2D eigenvalue weighted by Crippen LogP contribution is -2.09. The van der Waals surface area contributed by atoms with E-state index < -0.39 is 6.10 Å². The predicted octanol–water partition coefficient (Wildman–Crippen LogP) is 6.06. The Morgan fingerprint density at radius 3 is 2.53 bits per heavy atom. The van der Waals surface area contributed by atoms with Gasteiger partial charge in [0.1, 0.15) is 23.1 Å². The number of hydrogen-bond donors (Lipinski definition) is 3. The van der Waals surface area contributed by atoms with E-state index in [-0.39, 0.29) is 5.71 Å². The van der Waals surface area contributed by atoms with Crippen LogP contribution in [0, 0.1) is 5.41 Å². The Balaban J connectivity index is 1.66. The lowest BCUT2D eigenvalue weighted by Gasteiger charge is -2.18. The topological polar surface area (TPSA) is 101 Å². The van der Waals surface area contributed by atoms with Gasteiger partial charge in [-0.1, -0.05) is 40.9 Å². The lowest BCUT2D eigenvalue weighted by molar-refractivity contribution is 0.227. The van der Waals surface area contributed by atoms with E-state index in [2.05, 4.69) is 15.0 Å². The lowest BCUT2D eigenvalue weighted by atomic mass is 10.1. The van der Waals surface area contributed by atoms with E-state index in [0.29, 0.717) is 49.0 Å². The Hall–Kier alpha value is -2.80. The zero-order valence-electron chi connectivity index (χ0n) is 15.7. The van der Waals surface area contributed by atoms with Crippen molar-refractivity contribution in [3.05, 3.63) is 80.8 Å². The number of fused-ring (bicyclic) bond motifs is 1. The van der Waals surface area contributed by atoms with Crippen molar-refractivity contribution in [3.63, 3.8) is 0 Å². The van der Waals surface area contributed by atoms with Gasteiger partial charge in [0.2, 0.25) is 0 Å². The van der Waals surface area contributed by atoms with Crippen LogP contribution >= 0.6 is 34.8 Å². The minimum atomic E-state index is -0.441. The molecule has 152 valence electrons. The van der Waals surface area contributed by atoms with Crippen LogP contribution in [-0.2, 0) is 0 Å². The number of H-pyrrole nitrogens is 1. The molecule has 1 atom stereocenters. The highest BCUT2D eigenvalue weighted by Crippen LogP contribution is 2.33. The molecule has 9 heteroatoms. The molecule has 2 aromatic carbocycles. The first-order valence-electron chi connectivity index (χ1n) is 8.93. The molecule has 0 amide bonds. The molecule has 4 N–H and O–H groups in total. The maximum Gasteiger partial charge on any atom is 0.157 e. The number of aromatic amines is 1. The summed E-state index contributed by atoms with van der Waals surface area (Å²) in [4.78, 5) is 11.5. The summed E-state index contributed by atoms with van der Waals surface area (Å²) in [5.74, 6) is 0.866. The fourth-order valence-electron chi connectivity index (χ4n) is 3.14. The highest BCUT2D eigenvalue weighted by molar-refractivity contribution is 6.36. The largest absolute Gasteiger partial charge is 0.486 e. The Kier molecular flexibility index (Phi) is 5.56. The maximum absolute atomic E-state index is 8.60. The molecule has 4 aromatic rings. The van der Waals surface area contributed by atoms with E-state index in [1.165, 1.54) is 12.4 Å². The third-order valence-electron chi connectivity index (χ3n) is 4.60. The monoisotopic (exact) mass is 459 g/mol. The van der Waals surface area contributed by atoms with E-state index in [0.717, 1.165) is 5.52 Å². The fourth-order valence-corrected chi connectivity index (χ4v) is 4.03. The Morgan fingerprint density at radius 2 is 1.83 bits per heavy atom. The number of nitrogen functional groups attached to an aromatic ring is 1. The van der Waals surface area contributed by atoms with Crippen molar-refractivity contribution in [3.8, 4) is 5.75 Å². The molecule has 0 radical (unpaired) electrons.